The molecule has 25 heavy (non-hydrogen) atoms. The van der Waals surface area contributed by atoms with E-state index in [2.05, 4.69) is 34.2 Å². The molecule has 0 amide bonds. The summed E-state index contributed by atoms with van der Waals surface area (Å²) in [6.07, 6.45) is 19.7. The molecule has 1 fully saturated rings. The van der Waals surface area contributed by atoms with Crippen molar-refractivity contribution < 1.29 is 4.79 Å². The van der Waals surface area contributed by atoms with Crippen LogP contribution in [0.1, 0.15) is 63.5 Å². The van der Waals surface area contributed by atoms with E-state index in [4.69, 9.17) is 11.6 Å². The summed E-state index contributed by atoms with van der Waals surface area (Å²) in [6, 6.07) is 0. The average Bonchev–Trinajstić information content (AvgIpc) is 2.97. The number of ketones is 1. The molecule has 1 saturated carbocycles. The van der Waals surface area contributed by atoms with Gasteiger partial charge in [0.15, 0.2) is 0 Å². The van der Waals surface area contributed by atoms with Crippen molar-refractivity contribution in [2.45, 2.75) is 70.3 Å². The van der Waals surface area contributed by atoms with Gasteiger partial charge in [0.05, 0.1) is 0 Å². The van der Waals surface area contributed by atoms with Crippen molar-refractivity contribution in [2.24, 2.45) is 0 Å². The first-order chi connectivity index (χ1) is 12.2. The van der Waals surface area contributed by atoms with Crippen molar-refractivity contribution in [1.82, 2.24) is 14.8 Å². The third kappa shape index (κ3) is 5.31. The van der Waals surface area contributed by atoms with E-state index in [1.807, 2.05) is 13.0 Å². The maximum Gasteiger partial charge on any atom is 0.140 e. The Morgan fingerprint density at radius 3 is 2.44 bits per heavy atom. The fourth-order valence-electron chi connectivity index (χ4n) is 3.43. The van der Waals surface area contributed by atoms with E-state index in [-0.39, 0.29) is 5.41 Å². The first kappa shape index (κ1) is 21.2. The van der Waals surface area contributed by atoms with Crippen LogP contribution >= 0.6 is 11.6 Å². The summed E-state index contributed by atoms with van der Waals surface area (Å²) in [5, 5.41) is 8.82. The highest BCUT2D eigenvalue weighted by Crippen LogP contribution is 2.44. The minimum absolute atomic E-state index is 0.108. The topological polar surface area (TPSA) is 47.8 Å². The first-order valence-corrected chi connectivity index (χ1v) is 9.20. The van der Waals surface area contributed by atoms with Gasteiger partial charge in [0.1, 0.15) is 17.4 Å². The summed E-state index contributed by atoms with van der Waals surface area (Å²) in [5.41, 5.74) is 1.36. The fourth-order valence-corrected chi connectivity index (χ4v) is 3.43. The molecule has 0 unspecified atom stereocenters. The zero-order valence-corrected chi connectivity index (χ0v) is 15.8. The van der Waals surface area contributed by atoms with Crippen molar-refractivity contribution in [2.75, 3.05) is 0 Å². The van der Waals surface area contributed by atoms with Gasteiger partial charge >= 0.3 is 0 Å². The number of fused-ring (bicyclic) bond motifs is 1. The van der Waals surface area contributed by atoms with Gasteiger partial charge in [-0.05, 0) is 31.7 Å². The molecule has 2 aliphatic rings. The van der Waals surface area contributed by atoms with Crippen LogP contribution in [-0.4, -0.2) is 20.5 Å². The van der Waals surface area contributed by atoms with Gasteiger partial charge in [0, 0.05) is 31.2 Å². The number of carbonyl (C=O) groups is 1. The number of aromatic nitrogens is 3. The lowest BCUT2D eigenvalue weighted by Crippen LogP contribution is -2.43. The summed E-state index contributed by atoms with van der Waals surface area (Å²) in [4.78, 5) is 11.5. The molecule has 0 bridgehead atoms. The van der Waals surface area contributed by atoms with E-state index >= 15 is 0 Å². The SMILES string of the molecule is C#C.C/C=C/Cl.C=CCC1(c2nnc3n2CCCCCC3)CC(=O)C1. The number of terminal acetylenes is 1. The van der Waals surface area contributed by atoms with E-state index < -0.39 is 0 Å². The lowest BCUT2D eigenvalue weighted by atomic mass is 9.65. The third-order valence-corrected chi connectivity index (χ3v) is 4.82. The van der Waals surface area contributed by atoms with Crippen molar-refractivity contribution in [3.05, 3.63) is 35.9 Å². The van der Waals surface area contributed by atoms with Crippen LogP contribution in [0.4, 0.5) is 0 Å². The second-order valence-electron chi connectivity index (χ2n) is 6.38. The van der Waals surface area contributed by atoms with Crippen molar-refractivity contribution in [3.63, 3.8) is 0 Å². The van der Waals surface area contributed by atoms with Gasteiger partial charge in [-0.15, -0.1) is 29.6 Å². The lowest BCUT2D eigenvalue weighted by molar-refractivity contribution is -0.128. The average molecular weight is 362 g/mol. The number of carbonyl (C=O) groups excluding carboxylic acids is 1. The Morgan fingerprint density at radius 2 is 1.88 bits per heavy atom. The van der Waals surface area contributed by atoms with Crippen LogP contribution in [0.5, 0.6) is 0 Å². The van der Waals surface area contributed by atoms with Gasteiger partial charge in [-0.3, -0.25) is 4.79 Å². The fraction of sp³-hybridized carbons (Fsp3) is 0.550. The molecular weight excluding hydrogens is 334 g/mol. The molecule has 0 spiro atoms. The number of rotatable bonds is 3. The minimum Gasteiger partial charge on any atom is -0.314 e. The van der Waals surface area contributed by atoms with Crippen molar-refractivity contribution in [3.8, 4) is 12.8 Å². The normalized spacial score (nSPS) is 18.3. The Bertz CT molecular complexity index is 598. The Labute approximate surface area is 156 Å². The molecule has 0 aromatic carbocycles. The molecule has 1 aliphatic carbocycles. The number of Topliss-reactive ketones (excluding diaryl/α,β-unsaturated/α-hetero) is 1. The largest absolute Gasteiger partial charge is 0.314 e. The van der Waals surface area contributed by atoms with Crippen molar-refractivity contribution in [1.29, 1.82) is 0 Å². The van der Waals surface area contributed by atoms with Crippen LogP contribution < -0.4 is 0 Å². The second-order valence-corrected chi connectivity index (χ2v) is 6.63. The molecule has 1 aliphatic heterocycles. The van der Waals surface area contributed by atoms with E-state index in [9.17, 15) is 4.79 Å². The summed E-state index contributed by atoms with van der Waals surface area (Å²) < 4.78 is 2.29. The van der Waals surface area contributed by atoms with E-state index in [1.54, 1.807) is 6.08 Å². The molecular formula is C20H28ClN3O. The molecule has 1 aromatic rings. The second kappa shape index (κ2) is 10.9. The Balaban J connectivity index is 0.000000461. The molecule has 3 rings (SSSR count). The number of aryl methyl sites for hydroxylation is 1. The van der Waals surface area contributed by atoms with Crippen LogP contribution in [0.15, 0.2) is 24.3 Å². The zero-order chi connectivity index (χ0) is 18.7. The monoisotopic (exact) mass is 361 g/mol. The van der Waals surface area contributed by atoms with E-state index in [1.165, 1.54) is 31.2 Å². The van der Waals surface area contributed by atoms with Crippen molar-refractivity contribution >= 4 is 17.4 Å². The maximum atomic E-state index is 11.5. The van der Waals surface area contributed by atoms with Crippen LogP contribution in [-0.2, 0) is 23.2 Å². The predicted molar refractivity (Wildman–Crippen MR) is 103 cm³/mol. The van der Waals surface area contributed by atoms with Gasteiger partial charge in [0.2, 0.25) is 0 Å². The summed E-state index contributed by atoms with van der Waals surface area (Å²) >= 11 is 5.01. The molecule has 1 aromatic heterocycles. The molecule has 0 saturated heterocycles. The molecule has 2 heterocycles. The molecule has 136 valence electrons. The van der Waals surface area contributed by atoms with Gasteiger partial charge in [-0.25, -0.2) is 0 Å². The Morgan fingerprint density at radius 1 is 1.24 bits per heavy atom. The van der Waals surface area contributed by atoms with Crippen LogP contribution in [0.3, 0.4) is 0 Å². The number of nitrogens with zero attached hydrogens (tertiary/aromatic N) is 3. The Hall–Kier alpha value is -1.86. The zero-order valence-electron chi connectivity index (χ0n) is 15.1. The van der Waals surface area contributed by atoms with E-state index in [0.29, 0.717) is 18.6 Å². The number of hydrogen-bond donors (Lipinski definition) is 0. The maximum absolute atomic E-state index is 11.5. The van der Waals surface area contributed by atoms with Crippen LogP contribution in [0.25, 0.3) is 0 Å². The standard InChI is InChI=1S/C15H21N3O.C3H5Cl.C2H2/c1-2-8-15(10-12(19)11-15)14-17-16-13-7-5-3-4-6-9-18(13)14;1-2-3-4;1-2/h2H,1,3-11H2;2-3H,1H3;1-2H/b;3-2+;. The molecule has 0 atom stereocenters. The smallest absolute Gasteiger partial charge is 0.140 e. The highest BCUT2D eigenvalue weighted by atomic mass is 35.5. The molecule has 5 heteroatoms. The predicted octanol–water partition coefficient (Wildman–Crippen LogP) is 4.58. The van der Waals surface area contributed by atoms with Gasteiger partial charge in [-0.1, -0.05) is 36.6 Å². The molecule has 4 nitrogen and oxygen atoms in total. The Kier molecular flexibility index (Phi) is 9.23. The van der Waals surface area contributed by atoms with Crippen LogP contribution in [0, 0.1) is 12.8 Å². The van der Waals surface area contributed by atoms with Crippen LogP contribution in [0.2, 0.25) is 0 Å². The quantitative estimate of drug-likeness (QED) is 0.584. The summed E-state index contributed by atoms with van der Waals surface area (Å²) in [5.74, 6) is 2.48. The summed E-state index contributed by atoms with van der Waals surface area (Å²) in [7, 11) is 0. The lowest BCUT2D eigenvalue weighted by Gasteiger charge is -2.39. The van der Waals surface area contributed by atoms with E-state index in [0.717, 1.165) is 31.0 Å². The van der Waals surface area contributed by atoms with Gasteiger partial charge in [0.25, 0.3) is 0 Å². The first-order valence-electron chi connectivity index (χ1n) is 8.76. The molecule has 0 N–H and O–H groups in total. The molecule has 0 radical (unpaired) electrons. The minimum atomic E-state index is -0.108. The number of halogens is 1. The summed E-state index contributed by atoms with van der Waals surface area (Å²) in [6.45, 7) is 6.71. The highest BCUT2D eigenvalue weighted by molar-refractivity contribution is 6.25. The van der Waals surface area contributed by atoms with Gasteiger partial charge < -0.3 is 4.57 Å². The highest BCUT2D eigenvalue weighted by Gasteiger charge is 2.47. The number of hydrogen-bond acceptors (Lipinski definition) is 3. The van der Waals surface area contributed by atoms with Gasteiger partial charge in [-0.2, -0.15) is 0 Å². The third-order valence-electron chi connectivity index (χ3n) is 4.57. The number of allylic oxidation sites excluding steroid dienone is 2.